The van der Waals surface area contributed by atoms with Gasteiger partial charge in [-0.25, -0.2) is 4.39 Å². The SMILES string of the molecule is COc1ccc(C(NC(=O)c2ccccc2F)c2ccccc2)cc1. The molecule has 0 aromatic heterocycles. The molecule has 1 atom stereocenters. The van der Waals surface area contributed by atoms with Crippen molar-refractivity contribution in [1.82, 2.24) is 5.32 Å². The molecule has 0 fully saturated rings. The summed E-state index contributed by atoms with van der Waals surface area (Å²) in [5.74, 6) is -0.264. The number of amides is 1. The fourth-order valence-electron chi connectivity index (χ4n) is 2.66. The lowest BCUT2D eigenvalue weighted by atomic mass is 9.98. The number of nitrogens with one attached hydrogen (secondary N) is 1. The molecule has 3 nitrogen and oxygen atoms in total. The molecule has 0 heterocycles. The Morgan fingerprint density at radius 1 is 0.880 bits per heavy atom. The minimum absolute atomic E-state index is 0.0249. The van der Waals surface area contributed by atoms with Crippen LogP contribution in [0.1, 0.15) is 27.5 Å². The summed E-state index contributed by atoms with van der Waals surface area (Å²) in [6, 6.07) is 22.6. The predicted octanol–water partition coefficient (Wildman–Crippen LogP) is 4.35. The summed E-state index contributed by atoms with van der Waals surface area (Å²) >= 11 is 0. The third-order valence-electron chi connectivity index (χ3n) is 3.98. The molecule has 0 saturated heterocycles. The van der Waals surface area contributed by atoms with Gasteiger partial charge in [0.15, 0.2) is 0 Å². The van der Waals surface area contributed by atoms with Crippen LogP contribution in [-0.2, 0) is 0 Å². The van der Waals surface area contributed by atoms with Gasteiger partial charge in [-0.2, -0.15) is 0 Å². The van der Waals surface area contributed by atoms with E-state index in [1.165, 1.54) is 12.1 Å². The Morgan fingerprint density at radius 2 is 1.48 bits per heavy atom. The molecule has 0 spiro atoms. The Labute approximate surface area is 146 Å². The summed E-state index contributed by atoms with van der Waals surface area (Å²) in [4.78, 5) is 12.6. The third-order valence-corrected chi connectivity index (χ3v) is 3.98. The molecule has 3 aromatic carbocycles. The van der Waals surface area contributed by atoms with E-state index in [4.69, 9.17) is 4.74 Å². The molecule has 0 saturated carbocycles. The second-order valence-electron chi connectivity index (χ2n) is 5.57. The van der Waals surface area contributed by atoms with Gasteiger partial charge in [0.2, 0.25) is 0 Å². The molecular formula is C21H18FNO2. The normalized spacial score (nSPS) is 11.6. The molecule has 1 N–H and O–H groups in total. The fourth-order valence-corrected chi connectivity index (χ4v) is 2.66. The van der Waals surface area contributed by atoms with Crippen LogP contribution < -0.4 is 10.1 Å². The molecule has 0 aliphatic carbocycles. The summed E-state index contributed by atoms with van der Waals surface area (Å²) in [7, 11) is 1.60. The number of methoxy groups -OCH3 is 1. The van der Waals surface area contributed by atoms with Gasteiger partial charge < -0.3 is 10.1 Å². The summed E-state index contributed by atoms with van der Waals surface area (Å²) in [5, 5.41) is 2.92. The second kappa shape index (κ2) is 7.62. The number of ether oxygens (including phenoxy) is 1. The van der Waals surface area contributed by atoms with Crippen LogP contribution in [-0.4, -0.2) is 13.0 Å². The van der Waals surface area contributed by atoms with Crippen molar-refractivity contribution in [3.8, 4) is 5.75 Å². The Bertz CT molecular complexity index is 847. The molecule has 0 aliphatic rings. The van der Waals surface area contributed by atoms with E-state index in [0.717, 1.165) is 16.9 Å². The van der Waals surface area contributed by atoms with E-state index < -0.39 is 11.7 Å². The first-order chi connectivity index (χ1) is 12.2. The van der Waals surface area contributed by atoms with Crippen molar-refractivity contribution >= 4 is 5.91 Å². The highest BCUT2D eigenvalue weighted by Gasteiger charge is 2.19. The average molecular weight is 335 g/mol. The first kappa shape index (κ1) is 16.7. The third kappa shape index (κ3) is 3.86. The van der Waals surface area contributed by atoms with Crippen LogP contribution in [0.3, 0.4) is 0 Å². The van der Waals surface area contributed by atoms with Crippen LogP contribution >= 0.6 is 0 Å². The minimum atomic E-state index is -0.540. The quantitative estimate of drug-likeness (QED) is 0.752. The summed E-state index contributed by atoms with van der Waals surface area (Å²) in [5.41, 5.74) is 1.82. The lowest BCUT2D eigenvalue weighted by molar-refractivity contribution is 0.0939. The maximum absolute atomic E-state index is 13.9. The van der Waals surface area contributed by atoms with E-state index >= 15 is 0 Å². The molecule has 1 unspecified atom stereocenters. The molecule has 0 radical (unpaired) electrons. The van der Waals surface area contributed by atoms with E-state index in [2.05, 4.69) is 5.32 Å². The van der Waals surface area contributed by atoms with E-state index in [1.54, 1.807) is 19.2 Å². The molecule has 4 heteroatoms. The van der Waals surface area contributed by atoms with Gasteiger partial charge in [-0.1, -0.05) is 54.6 Å². The van der Waals surface area contributed by atoms with Gasteiger partial charge in [-0.05, 0) is 35.4 Å². The van der Waals surface area contributed by atoms with Crippen LogP contribution in [0.2, 0.25) is 0 Å². The highest BCUT2D eigenvalue weighted by molar-refractivity contribution is 5.94. The first-order valence-corrected chi connectivity index (χ1v) is 7.93. The molecule has 25 heavy (non-hydrogen) atoms. The number of benzene rings is 3. The zero-order chi connectivity index (χ0) is 17.6. The smallest absolute Gasteiger partial charge is 0.255 e. The number of hydrogen-bond donors (Lipinski definition) is 1. The molecule has 126 valence electrons. The largest absolute Gasteiger partial charge is 0.497 e. The van der Waals surface area contributed by atoms with Gasteiger partial charge in [-0.15, -0.1) is 0 Å². The van der Waals surface area contributed by atoms with E-state index in [1.807, 2.05) is 54.6 Å². The molecule has 3 rings (SSSR count). The van der Waals surface area contributed by atoms with Crippen LogP contribution in [0.4, 0.5) is 4.39 Å². The monoisotopic (exact) mass is 335 g/mol. The van der Waals surface area contributed by atoms with Crippen molar-refractivity contribution in [3.05, 3.63) is 101 Å². The topological polar surface area (TPSA) is 38.3 Å². The minimum Gasteiger partial charge on any atom is -0.497 e. The van der Waals surface area contributed by atoms with E-state index in [0.29, 0.717) is 0 Å². The Balaban J connectivity index is 1.94. The summed E-state index contributed by atoms with van der Waals surface area (Å²) in [6.45, 7) is 0. The Kier molecular flexibility index (Phi) is 5.09. The predicted molar refractivity (Wildman–Crippen MR) is 95.1 cm³/mol. The van der Waals surface area contributed by atoms with Crippen molar-refractivity contribution in [1.29, 1.82) is 0 Å². The highest BCUT2D eigenvalue weighted by Crippen LogP contribution is 2.24. The maximum atomic E-state index is 13.9. The maximum Gasteiger partial charge on any atom is 0.255 e. The van der Waals surface area contributed by atoms with Crippen LogP contribution in [0.25, 0.3) is 0 Å². The van der Waals surface area contributed by atoms with Gasteiger partial charge in [0, 0.05) is 0 Å². The van der Waals surface area contributed by atoms with Gasteiger partial charge in [0.05, 0.1) is 18.7 Å². The van der Waals surface area contributed by atoms with Crippen molar-refractivity contribution in [2.24, 2.45) is 0 Å². The molecule has 3 aromatic rings. The van der Waals surface area contributed by atoms with Crippen LogP contribution in [0, 0.1) is 5.82 Å². The van der Waals surface area contributed by atoms with Gasteiger partial charge in [0.1, 0.15) is 11.6 Å². The Hall–Kier alpha value is -3.14. The fraction of sp³-hybridized carbons (Fsp3) is 0.0952. The lowest BCUT2D eigenvalue weighted by Crippen LogP contribution is -2.30. The number of carbonyl (C=O) groups is 1. The first-order valence-electron chi connectivity index (χ1n) is 7.93. The zero-order valence-electron chi connectivity index (χ0n) is 13.8. The average Bonchev–Trinajstić information content (AvgIpc) is 2.67. The second-order valence-corrected chi connectivity index (χ2v) is 5.57. The Morgan fingerprint density at radius 3 is 2.12 bits per heavy atom. The standard InChI is InChI=1S/C21H18FNO2/c1-25-17-13-11-16(12-14-17)20(15-7-3-2-4-8-15)23-21(24)18-9-5-6-10-19(18)22/h2-14,20H,1H3,(H,23,24). The molecule has 0 aliphatic heterocycles. The zero-order valence-corrected chi connectivity index (χ0v) is 13.8. The molecule has 0 bridgehead atoms. The lowest BCUT2D eigenvalue weighted by Gasteiger charge is -2.20. The van der Waals surface area contributed by atoms with Crippen molar-refractivity contribution in [2.45, 2.75) is 6.04 Å². The van der Waals surface area contributed by atoms with Crippen molar-refractivity contribution in [3.63, 3.8) is 0 Å². The van der Waals surface area contributed by atoms with E-state index in [9.17, 15) is 9.18 Å². The van der Waals surface area contributed by atoms with Gasteiger partial charge >= 0.3 is 0 Å². The molecule has 1 amide bonds. The number of halogens is 1. The summed E-state index contributed by atoms with van der Waals surface area (Å²) < 4.78 is 19.1. The summed E-state index contributed by atoms with van der Waals surface area (Å²) in [6.07, 6.45) is 0. The van der Waals surface area contributed by atoms with Crippen molar-refractivity contribution < 1.29 is 13.9 Å². The van der Waals surface area contributed by atoms with Crippen LogP contribution in [0.15, 0.2) is 78.9 Å². The van der Waals surface area contributed by atoms with Crippen LogP contribution in [0.5, 0.6) is 5.75 Å². The number of rotatable bonds is 5. The van der Waals surface area contributed by atoms with Gasteiger partial charge in [-0.3, -0.25) is 4.79 Å². The van der Waals surface area contributed by atoms with E-state index in [-0.39, 0.29) is 11.6 Å². The number of hydrogen-bond acceptors (Lipinski definition) is 2. The molecular weight excluding hydrogens is 317 g/mol. The van der Waals surface area contributed by atoms with Crippen molar-refractivity contribution in [2.75, 3.05) is 7.11 Å². The highest BCUT2D eigenvalue weighted by atomic mass is 19.1. The number of carbonyl (C=O) groups excluding carboxylic acids is 1. The van der Waals surface area contributed by atoms with Gasteiger partial charge in [0.25, 0.3) is 5.91 Å².